The summed E-state index contributed by atoms with van der Waals surface area (Å²) >= 11 is 0. The van der Waals surface area contributed by atoms with Crippen LogP contribution in [-0.2, 0) is 6.54 Å². The fraction of sp³-hybridized carbons (Fsp3) is 0.632. The SMILES string of the molecule is CCCC(CCO)CN=C(NCC)N(C)Cc1ccc(OC)cc1. The Kier molecular flexibility index (Phi) is 9.92. The molecule has 1 atom stereocenters. The zero-order chi connectivity index (χ0) is 17.8. The molecular weight excluding hydrogens is 302 g/mol. The van der Waals surface area contributed by atoms with E-state index in [2.05, 4.69) is 36.2 Å². The van der Waals surface area contributed by atoms with E-state index in [1.54, 1.807) is 7.11 Å². The van der Waals surface area contributed by atoms with Gasteiger partial charge in [0.05, 0.1) is 7.11 Å². The highest BCUT2D eigenvalue weighted by molar-refractivity contribution is 5.79. The molecule has 136 valence electrons. The first-order chi connectivity index (χ1) is 11.6. The number of methoxy groups -OCH3 is 1. The summed E-state index contributed by atoms with van der Waals surface area (Å²) < 4.78 is 5.20. The molecule has 0 fully saturated rings. The molecule has 1 aromatic carbocycles. The molecule has 0 aliphatic carbocycles. The van der Waals surface area contributed by atoms with E-state index < -0.39 is 0 Å². The van der Waals surface area contributed by atoms with E-state index in [1.165, 1.54) is 5.56 Å². The smallest absolute Gasteiger partial charge is 0.193 e. The summed E-state index contributed by atoms with van der Waals surface area (Å²) in [5, 5.41) is 12.5. The second-order valence-electron chi connectivity index (χ2n) is 6.07. The second-order valence-corrected chi connectivity index (χ2v) is 6.07. The number of nitrogens with one attached hydrogen (secondary N) is 1. The largest absolute Gasteiger partial charge is 0.497 e. The van der Waals surface area contributed by atoms with Crippen LogP contribution in [0.25, 0.3) is 0 Å². The Morgan fingerprint density at radius 1 is 1.25 bits per heavy atom. The number of hydrogen-bond acceptors (Lipinski definition) is 3. The molecule has 1 rings (SSSR count). The topological polar surface area (TPSA) is 57.1 Å². The summed E-state index contributed by atoms with van der Waals surface area (Å²) in [6, 6.07) is 8.10. The molecule has 0 aliphatic rings. The Balaban J connectivity index is 2.71. The Morgan fingerprint density at radius 2 is 1.96 bits per heavy atom. The number of nitrogens with zero attached hydrogens (tertiary/aromatic N) is 2. The first-order valence-electron chi connectivity index (χ1n) is 8.87. The van der Waals surface area contributed by atoms with E-state index in [9.17, 15) is 5.11 Å². The monoisotopic (exact) mass is 335 g/mol. The van der Waals surface area contributed by atoms with Crippen molar-refractivity contribution in [1.29, 1.82) is 0 Å². The molecule has 5 nitrogen and oxygen atoms in total. The standard InChI is InChI=1S/C19H33N3O2/c1-5-7-16(12-13-23)14-21-19(20-6-2)22(3)15-17-8-10-18(24-4)11-9-17/h8-11,16,23H,5-7,12-15H2,1-4H3,(H,20,21). The van der Waals surface area contributed by atoms with Gasteiger partial charge in [0.15, 0.2) is 5.96 Å². The average Bonchev–Trinajstić information content (AvgIpc) is 2.59. The fourth-order valence-electron chi connectivity index (χ4n) is 2.68. The Morgan fingerprint density at radius 3 is 2.50 bits per heavy atom. The highest BCUT2D eigenvalue weighted by Crippen LogP contribution is 2.14. The van der Waals surface area contributed by atoms with Crippen LogP contribution in [-0.4, -0.2) is 49.8 Å². The Labute approximate surface area is 146 Å². The molecule has 0 saturated heterocycles. The molecule has 0 bridgehead atoms. The van der Waals surface area contributed by atoms with E-state index in [-0.39, 0.29) is 6.61 Å². The van der Waals surface area contributed by atoms with Crippen molar-refractivity contribution in [3.63, 3.8) is 0 Å². The molecule has 24 heavy (non-hydrogen) atoms. The summed E-state index contributed by atoms with van der Waals surface area (Å²) in [5.74, 6) is 2.23. The van der Waals surface area contributed by atoms with Crippen LogP contribution in [0, 0.1) is 5.92 Å². The molecule has 0 spiro atoms. The molecule has 5 heteroatoms. The highest BCUT2D eigenvalue weighted by Gasteiger charge is 2.10. The third-order valence-corrected chi connectivity index (χ3v) is 4.01. The van der Waals surface area contributed by atoms with Gasteiger partial charge >= 0.3 is 0 Å². The van der Waals surface area contributed by atoms with Crippen molar-refractivity contribution < 1.29 is 9.84 Å². The molecule has 0 radical (unpaired) electrons. The van der Waals surface area contributed by atoms with Gasteiger partial charge in [-0.3, -0.25) is 4.99 Å². The van der Waals surface area contributed by atoms with Crippen molar-refractivity contribution in [2.75, 3.05) is 33.9 Å². The number of benzene rings is 1. The molecule has 0 aliphatic heterocycles. The minimum absolute atomic E-state index is 0.235. The van der Waals surface area contributed by atoms with Crippen LogP contribution in [0.5, 0.6) is 5.75 Å². The molecule has 0 heterocycles. The highest BCUT2D eigenvalue weighted by atomic mass is 16.5. The maximum Gasteiger partial charge on any atom is 0.193 e. The summed E-state index contributed by atoms with van der Waals surface area (Å²) in [6.45, 7) is 6.86. The number of aliphatic hydroxyl groups excluding tert-OH is 1. The Bertz CT molecular complexity index is 468. The van der Waals surface area contributed by atoms with Crippen LogP contribution >= 0.6 is 0 Å². The van der Waals surface area contributed by atoms with Gasteiger partial charge in [-0.25, -0.2) is 0 Å². The number of hydrogen-bond donors (Lipinski definition) is 2. The zero-order valence-electron chi connectivity index (χ0n) is 15.6. The predicted octanol–water partition coefficient (Wildman–Crippen LogP) is 2.89. The van der Waals surface area contributed by atoms with Crippen LogP contribution < -0.4 is 10.1 Å². The van der Waals surface area contributed by atoms with E-state index >= 15 is 0 Å². The van der Waals surface area contributed by atoms with Crippen LogP contribution in [0.2, 0.25) is 0 Å². The van der Waals surface area contributed by atoms with Crippen LogP contribution in [0.3, 0.4) is 0 Å². The molecule has 0 aromatic heterocycles. The molecule has 0 saturated carbocycles. The van der Waals surface area contributed by atoms with Crippen molar-refractivity contribution in [2.45, 2.75) is 39.7 Å². The lowest BCUT2D eigenvalue weighted by molar-refractivity contribution is 0.253. The third kappa shape index (κ3) is 7.21. The molecular formula is C19H33N3O2. The number of rotatable bonds is 10. The van der Waals surface area contributed by atoms with E-state index in [4.69, 9.17) is 9.73 Å². The van der Waals surface area contributed by atoms with Gasteiger partial charge in [0.1, 0.15) is 5.75 Å². The number of ether oxygens (including phenoxy) is 1. The summed E-state index contributed by atoms with van der Waals surface area (Å²) in [6.07, 6.45) is 3.04. The third-order valence-electron chi connectivity index (χ3n) is 4.01. The number of aliphatic imine (C=N–C) groups is 1. The normalized spacial score (nSPS) is 12.8. The maximum absolute atomic E-state index is 9.19. The summed E-state index contributed by atoms with van der Waals surface area (Å²) in [5.41, 5.74) is 1.21. The molecule has 0 amide bonds. The fourth-order valence-corrected chi connectivity index (χ4v) is 2.68. The first kappa shape index (κ1) is 20.3. The van der Waals surface area contributed by atoms with Crippen molar-refractivity contribution in [3.8, 4) is 5.75 Å². The van der Waals surface area contributed by atoms with Gasteiger partial charge < -0.3 is 20.1 Å². The zero-order valence-corrected chi connectivity index (χ0v) is 15.6. The minimum atomic E-state index is 0.235. The lowest BCUT2D eigenvalue weighted by atomic mass is 10.0. The lowest BCUT2D eigenvalue weighted by Gasteiger charge is -2.23. The van der Waals surface area contributed by atoms with E-state index in [0.717, 1.165) is 50.6 Å². The lowest BCUT2D eigenvalue weighted by Crippen LogP contribution is -2.38. The second kappa shape index (κ2) is 11.7. The van der Waals surface area contributed by atoms with Crippen molar-refractivity contribution in [3.05, 3.63) is 29.8 Å². The Hall–Kier alpha value is -1.75. The van der Waals surface area contributed by atoms with Crippen molar-refractivity contribution in [2.24, 2.45) is 10.9 Å². The van der Waals surface area contributed by atoms with E-state index in [1.807, 2.05) is 19.2 Å². The van der Waals surface area contributed by atoms with Gasteiger partial charge in [0.2, 0.25) is 0 Å². The quantitative estimate of drug-likeness (QED) is 0.510. The number of aliphatic hydroxyl groups is 1. The van der Waals surface area contributed by atoms with Crippen LogP contribution in [0.15, 0.2) is 29.3 Å². The minimum Gasteiger partial charge on any atom is -0.497 e. The van der Waals surface area contributed by atoms with E-state index in [0.29, 0.717) is 5.92 Å². The average molecular weight is 335 g/mol. The van der Waals surface area contributed by atoms with Gasteiger partial charge in [0.25, 0.3) is 0 Å². The predicted molar refractivity (Wildman–Crippen MR) is 101 cm³/mol. The van der Waals surface area contributed by atoms with Crippen LogP contribution in [0.1, 0.15) is 38.7 Å². The van der Waals surface area contributed by atoms with Gasteiger partial charge in [-0.2, -0.15) is 0 Å². The van der Waals surface area contributed by atoms with Gasteiger partial charge in [-0.05, 0) is 43.4 Å². The summed E-state index contributed by atoms with van der Waals surface area (Å²) in [7, 11) is 3.72. The van der Waals surface area contributed by atoms with Gasteiger partial charge in [-0.1, -0.05) is 25.5 Å². The van der Waals surface area contributed by atoms with Crippen molar-refractivity contribution in [1.82, 2.24) is 10.2 Å². The van der Waals surface area contributed by atoms with Gasteiger partial charge in [0, 0.05) is 33.3 Å². The molecule has 2 N–H and O–H groups in total. The summed E-state index contributed by atoms with van der Waals surface area (Å²) in [4.78, 5) is 6.91. The number of guanidine groups is 1. The van der Waals surface area contributed by atoms with Gasteiger partial charge in [-0.15, -0.1) is 0 Å². The van der Waals surface area contributed by atoms with Crippen molar-refractivity contribution >= 4 is 5.96 Å². The van der Waals surface area contributed by atoms with Crippen LogP contribution in [0.4, 0.5) is 0 Å². The molecule has 1 unspecified atom stereocenters. The maximum atomic E-state index is 9.19. The molecule has 1 aromatic rings. The first-order valence-corrected chi connectivity index (χ1v) is 8.87.